The van der Waals surface area contributed by atoms with Crippen LogP contribution in [0.2, 0.25) is 0 Å². The molecule has 0 bridgehead atoms. The van der Waals surface area contributed by atoms with Gasteiger partial charge in [-0.15, -0.1) is 0 Å². The molecule has 1 aliphatic rings. The van der Waals surface area contributed by atoms with E-state index in [1.54, 1.807) is 0 Å². The van der Waals surface area contributed by atoms with Crippen LogP contribution in [0.5, 0.6) is 0 Å². The Labute approximate surface area is 62.0 Å². The molecule has 2 atom stereocenters. The zero-order valence-electron chi connectivity index (χ0n) is 6.73. The second-order valence-electron chi connectivity index (χ2n) is 3.39. The summed E-state index contributed by atoms with van der Waals surface area (Å²) in [7, 11) is 0. The van der Waals surface area contributed by atoms with Gasteiger partial charge in [-0.2, -0.15) is 0 Å². The van der Waals surface area contributed by atoms with E-state index in [2.05, 4.69) is 5.32 Å². The van der Waals surface area contributed by atoms with Gasteiger partial charge in [0.1, 0.15) is 6.17 Å². The summed E-state index contributed by atoms with van der Waals surface area (Å²) in [5.74, 6) is 0.163. The van der Waals surface area contributed by atoms with Crippen LogP contribution in [0.25, 0.3) is 0 Å². The van der Waals surface area contributed by atoms with E-state index in [1.807, 2.05) is 13.8 Å². The second kappa shape index (κ2) is 3.33. The highest BCUT2D eigenvalue weighted by Crippen LogP contribution is 2.17. The molecule has 10 heavy (non-hydrogen) atoms. The lowest BCUT2D eigenvalue weighted by Gasteiger charge is -2.18. The van der Waals surface area contributed by atoms with Gasteiger partial charge in [-0.05, 0) is 25.3 Å². The zero-order valence-corrected chi connectivity index (χ0v) is 6.73. The molecule has 0 unspecified atom stereocenters. The number of rotatable bonds is 2. The van der Waals surface area contributed by atoms with E-state index in [0.717, 1.165) is 19.4 Å². The maximum Gasteiger partial charge on any atom is 0.118 e. The maximum absolute atomic E-state index is 13.2. The first-order valence-corrected chi connectivity index (χ1v) is 4.09. The van der Waals surface area contributed by atoms with Crippen LogP contribution in [-0.2, 0) is 0 Å². The van der Waals surface area contributed by atoms with Gasteiger partial charge >= 0.3 is 0 Å². The van der Waals surface area contributed by atoms with Gasteiger partial charge in [-0.25, -0.2) is 4.39 Å². The predicted molar refractivity (Wildman–Crippen MR) is 40.8 cm³/mol. The molecule has 1 fully saturated rings. The van der Waals surface area contributed by atoms with Crippen LogP contribution in [0.3, 0.4) is 0 Å². The molecule has 1 nitrogen and oxygen atoms in total. The van der Waals surface area contributed by atoms with Crippen LogP contribution in [0.1, 0.15) is 26.7 Å². The van der Waals surface area contributed by atoms with Crippen molar-refractivity contribution in [2.75, 3.05) is 6.54 Å². The van der Waals surface area contributed by atoms with E-state index in [1.165, 1.54) is 0 Å². The lowest BCUT2D eigenvalue weighted by Crippen LogP contribution is -2.34. The van der Waals surface area contributed by atoms with Gasteiger partial charge < -0.3 is 5.32 Å². The second-order valence-corrected chi connectivity index (χ2v) is 3.39. The number of hydrogen-bond donors (Lipinski definition) is 1. The molecule has 1 N–H and O–H groups in total. The fourth-order valence-electron chi connectivity index (χ4n) is 1.45. The molecule has 0 spiro atoms. The van der Waals surface area contributed by atoms with Crippen molar-refractivity contribution >= 4 is 0 Å². The summed E-state index contributed by atoms with van der Waals surface area (Å²) in [5.41, 5.74) is 0. The van der Waals surface area contributed by atoms with Crippen molar-refractivity contribution in [3.05, 3.63) is 0 Å². The number of halogens is 1. The Morgan fingerprint density at radius 2 is 2.20 bits per heavy atom. The van der Waals surface area contributed by atoms with Crippen molar-refractivity contribution in [2.24, 2.45) is 5.92 Å². The standard InChI is InChI=1S/C8H16FN/c1-6(2)8(9)7-4-3-5-10-7/h6-8,10H,3-5H2,1-2H3/t7-,8-/m0/s1. The molecule has 0 aromatic heterocycles. The first-order chi connectivity index (χ1) is 4.72. The predicted octanol–water partition coefficient (Wildman–Crippen LogP) is 1.73. The molecule has 0 amide bonds. The highest BCUT2D eigenvalue weighted by molar-refractivity contribution is 4.82. The molecular formula is C8H16FN. The van der Waals surface area contributed by atoms with Crippen LogP contribution in [0, 0.1) is 5.92 Å². The first kappa shape index (κ1) is 7.99. The molecule has 1 rings (SSSR count). The van der Waals surface area contributed by atoms with Crippen molar-refractivity contribution in [1.29, 1.82) is 0 Å². The van der Waals surface area contributed by atoms with Crippen LogP contribution in [0.15, 0.2) is 0 Å². The average molecular weight is 145 g/mol. The van der Waals surface area contributed by atoms with E-state index < -0.39 is 6.17 Å². The van der Waals surface area contributed by atoms with Gasteiger partial charge in [-0.1, -0.05) is 13.8 Å². The first-order valence-electron chi connectivity index (χ1n) is 4.09. The molecule has 0 aromatic rings. The number of alkyl halides is 1. The highest BCUT2D eigenvalue weighted by Gasteiger charge is 2.26. The van der Waals surface area contributed by atoms with E-state index in [4.69, 9.17) is 0 Å². The monoisotopic (exact) mass is 145 g/mol. The molecule has 2 heteroatoms. The fourth-order valence-corrected chi connectivity index (χ4v) is 1.45. The third-order valence-electron chi connectivity index (χ3n) is 2.12. The Kier molecular flexibility index (Phi) is 2.66. The lowest BCUT2D eigenvalue weighted by atomic mass is 10.0. The summed E-state index contributed by atoms with van der Waals surface area (Å²) in [4.78, 5) is 0. The molecule has 0 aliphatic carbocycles. The van der Waals surface area contributed by atoms with Crippen molar-refractivity contribution in [2.45, 2.75) is 38.9 Å². The summed E-state index contributed by atoms with van der Waals surface area (Å²) in [6.07, 6.45) is 1.50. The SMILES string of the molecule is CC(C)[C@H](F)[C@@H]1CCCN1. The molecule has 0 saturated carbocycles. The van der Waals surface area contributed by atoms with Gasteiger partial charge in [-0.3, -0.25) is 0 Å². The minimum Gasteiger partial charge on any atom is -0.311 e. The lowest BCUT2D eigenvalue weighted by molar-refractivity contribution is 0.201. The summed E-state index contributed by atoms with van der Waals surface area (Å²) in [6.45, 7) is 4.87. The van der Waals surface area contributed by atoms with Crippen molar-refractivity contribution in [3.8, 4) is 0 Å². The average Bonchev–Trinajstić information content (AvgIpc) is 2.36. The van der Waals surface area contributed by atoms with Crippen LogP contribution < -0.4 is 5.32 Å². The largest absolute Gasteiger partial charge is 0.311 e. The van der Waals surface area contributed by atoms with Gasteiger partial charge in [0.05, 0.1) is 0 Å². The smallest absolute Gasteiger partial charge is 0.118 e. The Morgan fingerprint density at radius 3 is 2.60 bits per heavy atom. The van der Waals surface area contributed by atoms with Gasteiger partial charge in [0, 0.05) is 6.04 Å². The van der Waals surface area contributed by atoms with Crippen LogP contribution in [0.4, 0.5) is 4.39 Å². The molecule has 60 valence electrons. The topological polar surface area (TPSA) is 12.0 Å². The Balaban J connectivity index is 2.32. The quantitative estimate of drug-likeness (QED) is 0.624. The van der Waals surface area contributed by atoms with Crippen molar-refractivity contribution in [1.82, 2.24) is 5.32 Å². The van der Waals surface area contributed by atoms with Crippen LogP contribution in [-0.4, -0.2) is 18.8 Å². The number of hydrogen-bond acceptors (Lipinski definition) is 1. The van der Waals surface area contributed by atoms with E-state index in [-0.39, 0.29) is 12.0 Å². The Bertz CT molecular complexity index is 97.4. The number of nitrogens with one attached hydrogen (secondary N) is 1. The third-order valence-corrected chi connectivity index (χ3v) is 2.12. The van der Waals surface area contributed by atoms with E-state index in [0.29, 0.717) is 0 Å². The summed E-state index contributed by atoms with van der Waals surface area (Å²) in [5, 5.41) is 3.16. The van der Waals surface area contributed by atoms with Gasteiger partial charge in [0.2, 0.25) is 0 Å². The minimum atomic E-state index is -0.650. The zero-order chi connectivity index (χ0) is 7.56. The summed E-state index contributed by atoms with van der Waals surface area (Å²) >= 11 is 0. The molecule has 1 saturated heterocycles. The van der Waals surface area contributed by atoms with Gasteiger partial charge in [0.15, 0.2) is 0 Å². The normalized spacial score (nSPS) is 29.4. The molecule has 1 aliphatic heterocycles. The molecule has 0 radical (unpaired) electrons. The summed E-state index contributed by atoms with van der Waals surface area (Å²) in [6, 6.07) is 0.139. The van der Waals surface area contributed by atoms with Crippen molar-refractivity contribution < 1.29 is 4.39 Å². The summed E-state index contributed by atoms with van der Waals surface area (Å²) < 4.78 is 13.2. The Hall–Kier alpha value is -0.110. The van der Waals surface area contributed by atoms with Crippen LogP contribution >= 0.6 is 0 Å². The highest BCUT2D eigenvalue weighted by atomic mass is 19.1. The Morgan fingerprint density at radius 1 is 1.50 bits per heavy atom. The van der Waals surface area contributed by atoms with E-state index >= 15 is 0 Å². The molecular weight excluding hydrogens is 129 g/mol. The van der Waals surface area contributed by atoms with Gasteiger partial charge in [0.25, 0.3) is 0 Å². The third kappa shape index (κ3) is 1.69. The van der Waals surface area contributed by atoms with Crippen molar-refractivity contribution in [3.63, 3.8) is 0 Å². The van der Waals surface area contributed by atoms with E-state index in [9.17, 15) is 4.39 Å². The fraction of sp³-hybridized carbons (Fsp3) is 1.00. The molecule has 0 aromatic carbocycles. The molecule has 1 heterocycles. The maximum atomic E-state index is 13.2. The minimum absolute atomic E-state index is 0.139.